The first kappa shape index (κ1) is 12.5. The van der Waals surface area contributed by atoms with E-state index in [1.165, 1.54) is 11.1 Å². The molecule has 100 valence electrons. The first-order chi connectivity index (χ1) is 9.36. The van der Waals surface area contributed by atoms with Crippen molar-refractivity contribution < 1.29 is 9.52 Å². The lowest BCUT2D eigenvalue weighted by atomic mass is 9.88. The minimum absolute atomic E-state index is 0.0612. The highest BCUT2D eigenvalue weighted by molar-refractivity contribution is 5.30. The summed E-state index contributed by atoms with van der Waals surface area (Å²) in [5.74, 6) is 0.807. The lowest BCUT2D eigenvalue weighted by Gasteiger charge is -2.28. The van der Waals surface area contributed by atoms with Crippen molar-refractivity contribution in [2.24, 2.45) is 0 Å². The van der Waals surface area contributed by atoms with Crippen molar-refractivity contribution in [3.05, 3.63) is 59.5 Å². The van der Waals surface area contributed by atoms with Gasteiger partial charge < -0.3 is 14.8 Å². The number of aryl methyl sites for hydroxylation is 1. The van der Waals surface area contributed by atoms with Crippen LogP contribution in [-0.2, 0) is 12.8 Å². The van der Waals surface area contributed by atoms with Gasteiger partial charge in [0.25, 0.3) is 0 Å². The first-order valence-corrected chi connectivity index (χ1v) is 6.84. The number of rotatable bonds is 4. The molecule has 0 amide bonds. The second kappa shape index (κ2) is 5.59. The summed E-state index contributed by atoms with van der Waals surface area (Å²) in [6.07, 6.45) is 4.88. The van der Waals surface area contributed by atoms with Crippen LogP contribution in [0.2, 0.25) is 0 Å². The molecule has 3 nitrogen and oxygen atoms in total. The summed E-state index contributed by atoms with van der Waals surface area (Å²) in [6, 6.07) is 12.7. The van der Waals surface area contributed by atoms with Crippen LogP contribution in [0.4, 0.5) is 0 Å². The lowest BCUT2D eigenvalue weighted by Crippen LogP contribution is -2.38. The smallest absolute Gasteiger partial charge is 0.123 e. The van der Waals surface area contributed by atoms with Crippen molar-refractivity contribution in [1.29, 1.82) is 0 Å². The fraction of sp³-hybridized carbons (Fsp3) is 0.375. The Labute approximate surface area is 113 Å². The van der Waals surface area contributed by atoms with Crippen LogP contribution in [-0.4, -0.2) is 17.8 Å². The van der Waals surface area contributed by atoms with Crippen LogP contribution in [0.15, 0.2) is 47.1 Å². The number of nitrogens with one attached hydrogen (secondary N) is 1. The molecule has 0 aliphatic heterocycles. The maximum absolute atomic E-state index is 9.50. The largest absolute Gasteiger partial charge is 0.468 e. The number of fused-ring (bicyclic) bond motifs is 1. The molecule has 0 saturated heterocycles. The van der Waals surface area contributed by atoms with Gasteiger partial charge in [-0.05, 0) is 42.5 Å². The standard InChI is InChI=1S/C16H19NO2/c18-11-15(16-6-3-9-19-16)17-14-8-7-12-4-1-2-5-13(12)10-14/h1-6,9,14-15,17-18H,7-8,10-11H2. The van der Waals surface area contributed by atoms with Crippen LogP contribution in [0.5, 0.6) is 0 Å². The SMILES string of the molecule is OCC(NC1CCc2ccccc2C1)c1ccco1. The van der Waals surface area contributed by atoms with Crippen molar-refractivity contribution in [3.8, 4) is 0 Å². The quantitative estimate of drug-likeness (QED) is 0.884. The molecular weight excluding hydrogens is 238 g/mol. The fourth-order valence-electron chi connectivity index (χ4n) is 2.84. The molecule has 3 heteroatoms. The molecule has 1 aromatic heterocycles. The molecule has 3 rings (SSSR count). The molecule has 0 radical (unpaired) electrons. The van der Waals surface area contributed by atoms with E-state index in [4.69, 9.17) is 4.42 Å². The van der Waals surface area contributed by atoms with Crippen LogP contribution >= 0.6 is 0 Å². The van der Waals surface area contributed by atoms with Crippen molar-refractivity contribution in [1.82, 2.24) is 5.32 Å². The molecule has 0 fully saturated rings. The molecule has 2 unspecified atom stereocenters. The minimum atomic E-state index is -0.106. The number of aliphatic hydroxyl groups excluding tert-OH is 1. The molecule has 2 aromatic rings. The number of hydrogen-bond acceptors (Lipinski definition) is 3. The Morgan fingerprint density at radius 3 is 2.79 bits per heavy atom. The predicted molar refractivity (Wildman–Crippen MR) is 73.9 cm³/mol. The summed E-state index contributed by atoms with van der Waals surface area (Å²) >= 11 is 0. The average Bonchev–Trinajstić information content (AvgIpc) is 2.98. The van der Waals surface area contributed by atoms with Gasteiger partial charge in [0.1, 0.15) is 5.76 Å². The van der Waals surface area contributed by atoms with Gasteiger partial charge in [-0.15, -0.1) is 0 Å². The second-order valence-electron chi connectivity index (χ2n) is 5.13. The third-order valence-corrected chi connectivity index (χ3v) is 3.85. The molecular formula is C16H19NO2. The molecule has 0 spiro atoms. The van der Waals surface area contributed by atoms with Gasteiger partial charge in [0.05, 0.1) is 18.9 Å². The third kappa shape index (κ3) is 2.72. The van der Waals surface area contributed by atoms with E-state index in [-0.39, 0.29) is 12.6 Å². The Balaban J connectivity index is 1.68. The van der Waals surface area contributed by atoms with Crippen molar-refractivity contribution in [2.45, 2.75) is 31.3 Å². The molecule has 1 heterocycles. The average molecular weight is 257 g/mol. The van der Waals surface area contributed by atoms with Crippen LogP contribution < -0.4 is 5.32 Å². The zero-order valence-electron chi connectivity index (χ0n) is 10.9. The number of benzene rings is 1. The molecule has 0 bridgehead atoms. The summed E-state index contributed by atoms with van der Waals surface area (Å²) in [4.78, 5) is 0. The summed E-state index contributed by atoms with van der Waals surface area (Å²) in [5.41, 5.74) is 2.88. The Kier molecular flexibility index (Phi) is 3.67. The van der Waals surface area contributed by atoms with Crippen molar-refractivity contribution in [2.75, 3.05) is 6.61 Å². The molecule has 1 aliphatic rings. The van der Waals surface area contributed by atoms with Gasteiger partial charge >= 0.3 is 0 Å². The molecule has 2 atom stereocenters. The maximum Gasteiger partial charge on any atom is 0.123 e. The Hall–Kier alpha value is -1.58. The summed E-state index contributed by atoms with van der Waals surface area (Å²) < 4.78 is 5.38. The third-order valence-electron chi connectivity index (χ3n) is 3.85. The van der Waals surface area contributed by atoms with Crippen LogP contribution in [0.1, 0.15) is 29.3 Å². The van der Waals surface area contributed by atoms with E-state index in [1.807, 2.05) is 12.1 Å². The maximum atomic E-state index is 9.50. The fourth-order valence-corrected chi connectivity index (χ4v) is 2.84. The van der Waals surface area contributed by atoms with Gasteiger partial charge in [0.2, 0.25) is 0 Å². The number of hydrogen-bond donors (Lipinski definition) is 2. The highest BCUT2D eigenvalue weighted by atomic mass is 16.3. The monoisotopic (exact) mass is 257 g/mol. The highest BCUT2D eigenvalue weighted by Crippen LogP contribution is 2.23. The zero-order valence-corrected chi connectivity index (χ0v) is 10.9. The second-order valence-corrected chi connectivity index (χ2v) is 5.13. The van der Waals surface area contributed by atoms with Gasteiger partial charge in [0, 0.05) is 6.04 Å². The number of aliphatic hydroxyl groups is 1. The van der Waals surface area contributed by atoms with E-state index in [0.29, 0.717) is 6.04 Å². The van der Waals surface area contributed by atoms with E-state index in [1.54, 1.807) is 6.26 Å². The van der Waals surface area contributed by atoms with Gasteiger partial charge in [0.15, 0.2) is 0 Å². The number of furan rings is 1. The molecule has 2 N–H and O–H groups in total. The van der Waals surface area contributed by atoms with Gasteiger partial charge in [-0.25, -0.2) is 0 Å². The van der Waals surface area contributed by atoms with E-state index >= 15 is 0 Å². The van der Waals surface area contributed by atoms with Crippen LogP contribution in [0, 0.1) is 0 Å². The zero-order chi connectivity index (χ0) is 13.1. The highest BCUT2D eigenvalue weighted by Gasteiger charge is 2.22. The van der Waals surface area contributed by atoms with Crippen molar-refractivity contribution >= 4 is 0 Å². The van der Waals surface area contributed by atoms with Crippen molar-refractivity contribution in [3.63, 3.8) is 0 Å². The predicted octanol–water partition coefficient (Wildman–Crippen LogP) is 2.46. The van der Waals surface area contributed by atoms with E-state index in [0.717, 1.165) is 25.0 Å². The van der Waals surface area contributed by atoms with E-state index < -0.39 is 0 Å². The Morgan fingerprint density at radius 1 is 1.21 bits per heavy atom. The van der Waals surface area contributed by atoms with Gasteiger partial charge in [-0.3, -0.25) is 0 Å². The molecule has 0 saturated carbocycles. The topological polar surface area (TPSA) is 45.4 Å². The Bertz CT molecular complexity index is 521. The van der Waals surface area contributed by atoms with Gasteiger partial charge in [-0.1, -0.05) is 24.3 Å². The van der Waals surface area contributed by atoms with E-state index in [9.17, 15) is 5.11 Å². The minimum Gasteiger partial charge on any atom is -0.468 e. The van der Waals surface area contributed by atoms with Crippen LogP contribution in [0.3, 0.4) is 0 Å². The molecule has 1 aliphatic carbocycles. The van der Waals surface area contributed by atoms with Crippen LogP contribution in [0.25, 0.3) is 0 Å². The summed E-state index contributed by atoms with van der Waals surface area (Å²) in [6.45, 7) is 0.0612. The van der Waals surface area contributed by atoms with E-state index in [2.05, 4.69) is 29.6 Å². The lowest BCUT2D eigenvalue weighted by molar-refractivity contribution is 0.210. The first-order valence-electron chi connectivity index (χ1n) is 6.84. The Morgan fingerprint density at radius 2 is 2.05 bits per heavy atom. The molecule has 1 aromatic carbocycles. The summed E-state index contributed by atoms with van der Waals surface area (Å²) in [7, 11) is 0. The summed E-state index contributed by atoms with van der Waals surface area (Å²) in [5, 5.41) is 13.0. The van der Waals surface area contributed by atoms with Gasteiger partial charge in [-0.2, -0.15) is 0 Å². The molecule has 19 heavy (non-hydrogen) atoms. The normalized spacial score (nSPS) is 19.9.